The number of phenols is 1. The molecule has 0 bridgehead atoms. The van der Waals surface area contributed by atoms with Gasteiger partial charge in [-0.2, -0.15) is 0 Å². The van der Waals surface area contributed by atoms with Crippen LogP contribution in [0, 0.1) is 5.92 Å². The molecule has 6 nitrogen and oxygen atoms in total. The van der Waals surface area contributed by atoms with E-state index in [0.717, 1.165) is 18.4 Å². The van der Waals surface area contributed by atoms with Crippen molar-refractivity contribution in [2.45, 2.75) is 37.8 Å². The fourth-order valence-electron chi connectivity index (χ4n) is 2.66. The molecule has 2 rings (SSSR count). The molecule has 3 unspecified atom stereocenters. The fraction of sp³-hybridized carbons (Fsp3) is 0.467. The van der Waals surface area contributed by atoms with Gasteiger partial charge < -0.3 is 21.3 Å². The van der Waals surface area contributed by atoms with E-state index in [2.05, 4.69) is 5.32 Å². The van der Waals surface area contributed by atoms with Gasteiger partial charge in [0.25, 0.3) is 0 Å². The van der Waals surface area contributed by atoms with E-state index >= 15 is 0 Å². The summed E-state index contributed by atoms with van der Waals surface area (Å²) in [6.07, 6.45) is 2.57. The second-order valence-electron chi connectivity index (χ2n) is 5.47. The average molecular weight is 292 g/mol. The highest BCUT2D eigenvalue weighted by atomic mass is 16.4. The lowest BCUT2D eigenvalue weighted by Gasteiger charge is -2.19. The highest BCUT2D eigenvalue weighted by Gasteiger charge is 2.32. The molecule has 1 saturated carbocycles. The van der Waals surface area contributed by atoms with Crippen molar-refractivity contribution in [2.75, 3.05) is 0 Å². The van der Waals surface area contributed by atoms with Gasteiger partial charge in [-0.1, -0.05) is 18.6 Å². The Kier molecular flexibility index (Phi) is 4.80. The minimum atomic E-state index is -1.08. The van der Waals surface area contributed by atoms with Gasteiger partial charge in [-0.05, 0) is 30.5 Å². The first-order valence-corrected chi connectivity index (χ1v) is 7.04. The quantitative estimate of drug-likeness (QED) is 0.636. The van der Waals surface area contributed by atoms with E-state index in [9.17, 15) is 19.8 Å². The monoisotopic (exact) mass is 292 g/mol. The SMILES string of the molecule is NC1CCCC1C(=O)NC(Cc1ccc(O)cc1)C(=O)O. The smallest absolute Gasteiger partial charge is 0.326 e. The summed E-state index contributed by atoms with van der Waals surface area (Å²) in [5.74, 6) is -1.55. The average Bonchev–Trinajstić information content (AvgIpc) is 2.86. The summed E-state index contributed by atoms with van der Waals surface area (Å²) in [4.78, 5) is 23.4. The first-order valence-electron chi connectivity index (χ1n) is 7.04. The number of carbonyl (C=O) groups is 2. The lowest BCUT2D eigenvalue weighted by Crippen LogP contribution is -2.47. The van der Waals surface area contributed by atoms with Crippen LogP contribution in [0.5, 0.6) is 5.75 Å². The Morgan fingerprint density at radius 2 is 1.95 bits per heavy atom. The van der Waals surface area contributed by atoms with Crippen molar-refractivity contribution in [2.24, 2.45) is 11.7 Å². The molecule has 0 aliphatic heterocycles. The number of hydrogen-bond donors (Lipinski definition) is 4. The van der Waals surface area contributed by atoms with Crippen LogP contribution in [0.4, 0.5) is 0 Å². The summed E-state index contributed by atoms with van der Waals surface area (Å²) in [5, 5.41) is 21.0. The van der Waals surface area contributed by atoms with Crippen molar-refractivity contribution in [1.82, 2.24) is 5.32 Å². The molecule has 114 valence electrons. The van der Waals surface area contributed by atoms with Crippen LogP contribution >= 0.6 is 0 Å². The summed E-state index contributed by atoms with van der Waals surface area (Å²) < 4.78 is 0. The van der Waals surface area contributed by atoms with Gasteiger partial charge in [0.1, 0.15) is 11.8 Å². The Bertz CT molecular complexity index is 515. The summed E-state index contributed by atoms with van der Waals surface area (Å²) in [6.45, 7) is 0. The maximum absolute atomic E-state index is 12.1. The zero-order chi connectivity index (χ0) is 15.4. The molecule has 6 heteroatoms. The molecule has 21 heavy (non-hydrogen) atoms. The van der Waals surface area contributed by atoms with Gasteiger partial charge in [0.15, 0.2) is 0 Å². The Morgan fingerprint density at radius 3 is 2.48 bits per heavy atom. The third-order valence-electron chi connectivity index (χ3n) is 3.90. The van der Waals surface area contributed by atoms with E-state index in [4.69, 9.17) is 5.73 Å². The molecule has 1 aliphatic carbocycles. The maximum atomic E-state index is 12.1. The summed E-state index contributed by atoms with van der Waals surface area (Å²) in [6, 6.07) is 5.08. The number of nitrogens with one attached hydrogen (secondary N) is 1. The number of benzene rings is 1. The molecular formula is C15H20N2O4. The number of phenolic OH excluding ortho intramolecular Hbond substituents is 1. The first kappa shape index (κ1) is 15.3. The van der Waals surface area contributed by atoms with Crippen molar-refractivity contribution in [3.8, 4) is 5.75 Å². The predicted molar refractivity (Wildman–Crippen MR) is 76.7 cm³/mol. The number of hydrogen-bond acceptors (Lipinski definition) is 4. The van der Waals surface area contributed by atoms with Crippen molar-refractivity contribution in [3.63, 3.8) is 0 Å². The number of nitrogens with two attached hydrogens (primary N) is 1. The number of carbonyl (C=O) groups excluding carboxylic acids is 1. The standard InChI is InChI=1S/C15H20N2O4/c16-12-3-1-2-11(12)14(19)17-13(15(20)21)8-9-4-6-10(18)7-5-9/h4-7,11-13,18H,1-3,8,16H2,(H,17,19)(H,20,21). The Balaban J connectivity index is 2.00. The van der Waals surface area contributed by atoms with Crippen LogP contribution in [0.15, 0.2) is 24.3 Å². The molecule has 1 aliphatic rings. The maximum Gasteiger partial charge on any atom is 0.326 e. The molecule has 0 radical (unpaired) electrons. The number of amides is 1. The molecule has 1 fully saturated rings. The van der Waals surface area contributed by atoms with Gasteiger partial charge in [-0.3, -0.25) is 4.79 Å². The largest absolute Gasteiger partial charge is 0.508 e. The molecular weight excluding hydrogens is 272 g/mol. The van der Waals surface area contributed by atoms with E-state index in [1.807, 2.05) is 0 Å². The second kappa shape index (κ2) is 6.58. The van der Waals surface area contributed by atoms with Crippen LogP contribution in [0.3, 0.4) is 0 Å². The summed E-state index contributed by atoms with van der Waals surface area (Å²) in [7, 11) is 0. The van der Waals surface area contributed by atoms with Crippen molar-refractivity contribution >= 4 is 11.9 Å². The van der Waals surface area contributed by atoms with Crippen LogP contribution in [-0.2, 0) is 16.0 Å². The fourth-order valence-corrected chi connectivity index (χ4v) is 2.66. The topological polar surface area (TPSA) is 113 Å². The lowest BCUT2D eigenvalue weighted by atomic mass is 10.0. The van der Waals surface area contributed by atoms with Gasteiger partial charge in [0, 0.05) is 12.5 Å². The highest BCUT2D eigenvalue weighted by Crippen LogP contribution is 2.24. The lowest BCUT2D eigenvalue weighted by molar-refractivity contribution is -0.142. The molecule has 3 atom stereocenters. The zero-order valence-electron chi connectivity index (χ0n) is 11.7. The number of rotatable bonds is 5. The number of carboxylic acids is 1. The van der Waals surface area contributed by atoms with Gasteiger partial charge >= 0.3 is 5.97 Å². The molecule has 0 saturated heterocycles. The predicted octanol–water partition coefficient (Wildman–Crippen LogP) is 0.631. The third-order valence-corrected chi connectivity index (χ3v) is 3.90. The van der Waals surface area contributed by atoms with Crippen molar-refractivity contribution in [3.05, 3.63) is 29.8 Å². The minimum absolute atomic E-state index is 0.117. The van der Waals surface area contributed by atoms with Crippen LogP contribution < -0.4 is 11.1 Å². The molecule has 1 amide bonds. The Labute approximate surface area is 123 Å². The van der Waals surface area contributed by atoms with Crippen LogP contribution in [-0.4, -0.2) is 34.2 Å². The Hall–Kier alpha value is -2.08. The van der Waals surface area contributed by atoms with E-state index in [0.29, 0.717) is 6.42 Å². The number of carboxylic acid groups (broad SMARTS) is 1. The molecule has 0 heterocycles. The molecule has 1 aromatic carbocycles. The van der Waals surface area contributed by atoms with Crippen molar-refractivity contribution < 1.29 is 19.8 Å². The van der Waals surface area contributed by atoms with Gasteiger partial charge in [-0.25, -0.2) is 4.79 Å². The van der Waals surface area contributed by atoms with Crippen LogP contribution in [0.1, 0.15) is 24.8 Å². The molecule has 0 aromatic heterocycles. The summed E-state index contributed by atoms with van der Waals surface area (Å²) in [5.41, 5.74) is 6.60. The van der Waals surface area contributed by atoms with E-state index in [1.54, 1.807) is 12.1 Å². The van der Waals surface area contributed by atoms with Crippen LogP contribution in [0.2, 0.25) is 0 Å². The van der Waals surface area contributed by atoms with E-state index in [1.165, 1.54) is 12.1 Å². The molecule has 5 N–H and O–H groups in total. The number of aliphatic carboxylic acids is 1. The normalized spacial score (nSPS) is 22.7. The van der Waals surface area contributed by atoms with Gasteiger partial charge in [0.05, 0.1) is 5.92 Å². The van der Waals surface area contributed by atoms with Gasteiger partial charge in [0.2, 0.25) is 5.91 Å². The zero-order valence-corrected chi connectivity index (χ0v) is 11.7. The third kappa shape index (κ3) is 3.95. The molecule has 0 spiro atoms. The van der Waals surface area contributed by atoms with Crippen LogP contribution in [0.25, 0.3) is 0 Å². The van der Waals surface area contributed by atoms with Gasteiger partial charge in [-0.15, -0.1) is 0 Å². The number of aromatic hydroxyl groups is 1. The summed E-state index contributed by atoms with van der Waals surface area (Å²) >= 11 is 0. The second-order valence-corrected chi connectivity index (χ2v) is 5.47. The first-order chi connectivity index (χ1) is 9.97. The molecule has 1 aromatic rings. The Morgan fingerprint density at radius 1 is 1.29 bits per heavy atom. The van der Waals surface area contributed by atoms with Crippen molar-refractivity contribution in [1.29, 1.82) is 0 Å². The van der Waals surface area contributed by atoms with E-state index in [-0.39, 0.29) is 30.0 Å². The minimum Gasteiger partial charge on any atom is -0.508 e. The van der Waals surface area contributed by atoms with E-state index < -0.39 is 12.0 Å². The highest BCUT2D eigenvalue weighted by molar-refractivity contribution is 5.85.